The Labute approximate surface area is 588 Å². The number of esters is 4. The first-order chi connectivity index (χ1) is 46.2. The minimum atomic E-state index is -4.96. The van der Waals surface area contributed by atoms with Gasteiger partial charge in [0.1, 0.15) is 19.3 Å². The number of ether oxygens (including phenoxy) is 4. The third kappa shape index (κ3) is 67.9. The average molecular weight is 1410 g/mol. The molecule has 0 aliphatic carbocycles. The Bertz CT molecular complexity index is 1890. The number of phosphoric ester groups is 2. The van der Waals surface area contributed by atoms with E-state index in [1.165, 1.54) is 186 Å². The Balaban J connectivity index is 5.23. The molecule has 0 heterocycles. The van der Waals surface area contributed by atoms with Crippen molar-refractivity contribution < 1.29 is 80.2 Å². The van der Waals surface area contributed by atoms with Crippen LogP contribution in [0, 0.1) is 23.7 Å². The van der Waals surface area contributed by atoms with Crippen LogP contribution in [0.2, 0.25) is 0 Å². The van der Waals surface area contributed by atoms with E-state index >= 15 is 0 Å². The lowest BCUT2D eigenvalue weighted by Crippen LogP contribution is -2.30. The van der Waals surface area contributed by atoms with Gasteiger partial charge in [-0.3, -0.25) is 37.3 Å². The molecule has 0 rings (SSSR count). The molecule has 17 nitrogen and oxygen atoms in total. The molecule has 0 saturated heterocycles. The van der Waals surface area contributed by atoms with Crippen LogP contribution in [0.15, 0.2) is 0 Å². The van der Waals surface area contributed by atoms with E-state index in [9.17, 15) is 43.2 Å². The van der Waals surface area contributed by atoms with Crippen LogP contribution in [0.4, 0.5) is 0 Å². The molecule has 0 aliphatic rings. The van der Waals surface area contributed by atoms with Crippen LogP contribution in [-0.4, -0.2) is 96.7 Å². The van der Waals surface area contributed by atoms with Crippen LogP contribution in [0.25, 0.3) is 0 Å². The maximum absolute atomic E-state index is 13.1. The second kappa shape index (κ2) is 66.3. The van der Waals surface area contributed by atoms with Crippen molar-refractivity contribution in [3.63, 3.8) is 0 Å². The van der Waals surface area contributed by atoms with E-state index < -0.39 is 97.5 Å². The second-order valence-electron chi connectivity index (χ2n) is 29.2. The van der Waals surface area contributed by atoms with Gasteiger partial charge in [-0.05, 0) is 49.4 Å². The molecule has 96 heavy (non-hydrogen) atoms. The number of aliphatic hydroxyl groups excluding tert-OH is 1. The van der Waals surface area contributed by atoms with E-state index in [1.54, 1.807) is 0 Å². The molecule has 570 valence electrons. The normalized spacial score (nSPS) is 14.7. The molecule has 0 aliphatic heterocycles. The minimum absolute atomic E-state index is 0.106. The largest absolute Gasteiger partial charge is 0.472 e. The molecule has 7 atom stereocenters. The van der Waals surface area contributed by atoms with Crippen LogP contribution < -0.4 is 0 Å². The summed E-state index contributed by atoms with van der Waals surface area (Å²) in [7, 11) is -9.92. The van der Waals surface area contributed by atoms with E-state index in [0.29, 0.717) is 25.7 Å². The molecule has 0 bridgehead atoms. The zero-order chi connectivity index (χ0) is 71.0. The molecule has 4 unspecified atom stereocenters. The Morgan fingerprint density at radius 2 is 0.500 bits per heavy atom. The lowest BCUT2D eigenvalue weighted by Gasteiger charge is -2.21. The topological polar surface area (TPSA) is 237 Å². The maximum atomic E-state index is 13.1. The van der Waals surface area contributed by atoms with Gasteiger partial charge < -0.3 is 33.8 Å². The van der Waals surface area contributed by atoms with E-state index in [4.69, 9.17) is 37.0 Å². The number of phosphoric acid groups is 2. The monoisotopic (exact) mass is 1410 g/mol. The Morgan fingerprint density at radius 1 is 0.292 bits per heavy atom. The van der Waals surface area contributed by atoms with Crippen molar-refractivity contribution in [3.8, 4) is 0 Å². The zero-order valence-corrected chi connectivity index (χ0v) is 64.8. The summed E-state index contributed by atoms with van der Waals surface area (Å²) in [6, 6.07) is 0. The van der Waals surface area contributed by atoms with Crippen LogP contribution in [0.5, 0.6) is 0 Å². The van der Waals surface area contributed by atoms with Gasteiger partial charge in [-0.15, -0.1) is 0 Å². The predicted molar refractivity (Wildman–Crippen MR) is 391 cm³/mol. The molecule has 3 N–H and O–H groups in total. The number of hydrogen-bond donors (Lipinski definition) is 3. The maximum Gasteiger partial charge on any atom is 0.472 e. The van der Waals surface area contributed by atoms with Gasteiger partial charge in [0.15, 0.2) is 12.2 Å². The van der Waals surface area contributed by atoms with Crippen LogP contribution in [-0.2, 0) is 65.4 Å². The molecule has 19 heteroatoms. The Hall–Kier alpha value is -1.94. The van der Waals surface area contributed by atoms with Crippen molar-refractivity contribution in [2.24, 2.45) is 23.7 Å². The summed E-state index contributed by atoms with van der Waals surface area (Å²) in [6.07, 6.45) is 51.3. The highest BCUT2D eigenvalue weighted by Gasteiger charge is 2.30. The summed E-state index contributed by atoms with van der Waals surface area (Å²) < 4.78 is 68.6. The van der Waals surface area contributed by atoms with Crippen molar-refractivity contribution in [2.75, 3.05) is 39.6 Å². The van der Waals surface area contributed by atoms with Gasteiger partial charge >= 0.3 is 39.5 Å². The number of unbranched alkanes of at least 4 members (excludes halogenated alkanes) is 38. The number of aliphatic hydroxyl groups is 1. The first-order valence-electron chi connectivity index (χ1n) is 39.8. The van der Waals surface area contributed by atoms with Gasteiger partial charge in [0, 0.05) is 25.7 Å². The van der Waals surface area contributed by atoms with Crippen molar-refractivity contribution in [1.29, 1.82) is 0 Å². The summed E-state index contributed by atoms with van der Waals surface area (Å²) in [5.41, 5.74) is 0. The predicted octanol–water partition coefficient (Wildman–Crippen LogP) is 22.4. The van der Waals surface area contributed by atoms with Crippen molar-refractivity contribution in [1.82, 2.24) is 0 Å². The summed E-state index contributed by atoms with van der Waals surface area (Å²) in [5, 5.41) is 10.6. The second-order valence-corrected chi connectivity index (χ2v) is 32.1. The molecule has 0 aromatic rings. The van der Waals surface area contributed by atoms with Gasteiger partial charge in [-0.25, -0.2) is 9.13 Å². The summed E-state index contributed by atoms with van der Waals surface area (Å²) in [4.78, 5) is 72.8. The van der Waals surface area contributed by atoms with E-state index in [2.05, 4.69) is 55.4 Å². The Kier molecular flexibility index (Phi) is 65.0. The highest BCUT2D eigenvalue weighted by atomic mass is 31.2. The smallest absolute Gasteiger partial charge is 0.462 e. The van der Waals surface area contributed by atoms with Crippen LogP contribution in [0.3, 0.4) is 0 Å². The molecule has 0 saturated carbocycles. The minimum Gasteiger partial charge on any atom is -0.462 e. The lowest BCUT2D eigenvalue weighted by atomic mass is 9.99. The number of rotatable bonds is 74. The Morgan fingerprint density at radius 3 is 0.740 bits per heavy atom. The molecular weight excluding hydrogens is 1260 g/mol. The van der Waals surface area contributed by atoms with Gasteiger partial charge in [0.25, 0.3) is 0 Å². The summed E-state index contributed by atoms with van der Waals surface area (Å²) >= 11 is 0. The molecule has 0 spiro atoms. The lowest BCUT2D eigenvalue weighted by molar-refractivity contribution is -0.161. The van der Waals surface area contributed by atoms with E-state index in [-0.39, 0.29) is 25.7 Å². The fourth-order valence-corrected chi connectivity index (χ4v) is 13.2. The van der Waals surface area contributed by atoms with Gasteiger partial charge in [-0.2, -0.15) is 0 Å². The molecule has 0 aromatic carbocycles. The third-order valence-electron chi connectivity index (χ3n) is 18.5. The third-order valence-corrected chi connectivity index (χ3v) is 20.4. The number of carbonyl (C=O) groups excluding carboxylic acids is 4. The molecule has 0 radical (unpaired) electrons. The zero-order valence-electron chi connectivity index (χ0n) is 63.0. The fourth-order valence-electron chi connectivity index (χ4n) is 11.7. The first-order valence-corrected chi connectivity index (χ1v) is 42.8. The molecule has 0 fully saturated rings. The summed E-state index contributed by atoms with van der Waals surface area (Å²) in [5.74, 6) is 0.977. The van der Waals surface area contributed by atoms with Gasteiger partial charge in [-0.1, -0.05) is 338 Å². The molecular formula is C77H150O17P2. The van der Waals surface area contributed by atoms with E-state index in [1.807, 2.05) is 0 Å². The molecule has 0 amide bonds. The van der Waals surface area contributed by atoms with Crippen molar-refractivity contribution >= 4 is 39.5 Å². The quantitative estimate of drug-likeness (QED) is 0.0222. The standard InChI is InChI=1S/C77H150O17P2/c1-9-69(7)55-47-39-31-24-20-16-12-14-18-22-26-34-44-52-59-76(81)93-72(63-87-74(79)57-49-41-32-28-27-30-38-46-54-68(5)6)65-91-95(83,84)89-61-71(78)62-90-96(85,86)92-66-73(64-88-75(80)58-50-42-36-35-40-48-56-70(8)10-2)94-77(82)60-51-43-33-25-21-17-13-11-15-19-23-29-37-45-53-67(3)4/h67-73,78H,9-66H2,1-8H3,(H,83,84)(H,85,86)/t69?,70?,71-,72-,73-/m1/s1. The van der Waals surface area contributed by atoms with Crippen LogP contribution >= 0.6 is 15.6 Å². The first kappa shape index (κ1) is 94.1. The van der Waals surface area contributed by atoms with E-state index in [0.717, 1.165) is 120 Å². The highest BCUT2D eigenvalue weighted by molar-refractivity contribution is 7.47. The molecule has 0 aromatic heterocycles. The van der Waals surface area contributed by atoms with Crippen molar-refractivity contribution in [2.45, 2.75) is 408 Å². The SMILES string of the molecule is CCC(C)CCCCCCCCCCCCCCCCC(=O)O[C@H](COC(=O)CCCCCCCCCCC(C)C)COP(=O)(O)OC[C@@H](O)COP(=O)(O)OC[C@@H](COC(=O)CCCCCCCCC(C)CC)OC(=O)CCCCCCCCCCCCCCCCC(C)C. The van der Waals surface area contributed by atoms with Crippen molar-refractivity contribution in [3.05, 3.63) is 0 Å². The number of carbonyl (C=O) groups is 4. The number of hydrogen-bond acceptors (Lipinski definition) is 15. The van der Waals surface area contributed by atoms with Crippen LogP contribution in [0.1, 0.15) is 389 Å². The van der Waals surface area contributed by atoms with Gasteiger partial charge in [0.2, 0.25) is 0 Å². The average Bonchev–Trinajstić information content (AvgIpc) is 3.40. The summed E-state index contributed by atoms with van der Waals surface area (Å²) in [6.45, 7) is 14.2. The van der Waals surface area contributed by atoms with Gasteiger partial charge in [0.05, 0.1) is 26.4 Å². The fraction of sp³-hybridized carbons (Fsp3) is 0.948. The highest BCUT2D eigenvalue weighted by Crippen LogP contribution is 2.45.